The lowest BCUT2D eigenvalue weighted by Gasteiger charge is -2.08. The van der Waals surface area contributed by atoms with Gasteiger partial charge in [0, 0.05) is 5.56 Å². The standard InChI is InChI=1S/C11H4Cl2F3IN2/c12-8-7(17)9(13)19-10(18-8)5-2-1-3-6(4-5)11(14,15)16/h1-4H. The Morgan fingerprint density at radius 1 is 1.05 bits per heavy atom. The fraction of sp³-hybridized carbons (Fsp3) is 0.0909. The third kappa shape index (κ3) is 3.29. The summed E-state index contributed by atoms with van der Waals surface area (Å²) in [6.45, 7) is 0. The molecule has 0 unspecified atom stereocenters. The third-order valence-corrected chi connectivity index (χ3v) is 4.42. The Kier molecular flexibility index (Phi) is 4.22. The van der Waals surface area contributed by atoms with Gasteiger partial charge in [-0.2, -0.15) is 13.2 Å². The smallest absolute Gasteiger partial charge is 0.215 e. The zero-order chi connectivity index (χ0) is 14.2. The molecule has 1 heterocycles. The number of halogens is 6. The molecule has 1 aromatic carbocycles. The highest BCUT2D eigenvalue weighted by Gasteiger charge is 2.30. The van der Waals surface area contributed by atoms with Crippen LogP contribution in [0.25, 0.3) is 11.4 Å². The Balaban J connectivity index is 2.54. The first kappa shape index (κ1) is 14.8. The van der Waals surface area contributed by atoms with Gasteiger partial charge >= 0.3 is 6.18 Å². The number of rotatable bonds is 1. The molecule has 0 atom stereocenters. The Bertz CT molecular complexity index is 609. The minimum absolute atomic E-state index is 0.0570. The first-order chi connectivity index (χ1) is 8.79. The molecule has 0 aliphatic carbocycles. The molecule has 0 fully saturated rings. The maximum atomic E-state index is 12.6. The van der Waals surface area contributed by atoms with Gasteiger partial charge in [-0.15, -0.1) is 0 Å². The molecule has 0 aliphatic heterocycles. The summed E-state index contributed by atoms with van der Waals surface area (Å²) in [6.07, 6.45) is -4.42. The predicted molar refractivity (Wildman–Crippen MR) is 75.2 cm³/mol. The summed E-state index contributed by atoms with van der Waals surface area (Å²) in [7, 11) is 0. The van der Waals surface area contributed by atoms with Crippen LogP contribution in [0.5, 0.6) is 0 Å². The van der Waals surface area contributed by atoms with Crippen molar-refractivity contribution in [2.75, 3.05) is 0 Å². The average molecular weight is 419 g/mol. The van der Waals surface area contributed by atoms with Gasteiger partial charge in [-0.3, -0.25) is 0 Å². The molecule has 2 aromatic rings. The van der Waals surface area contributed by atoms with E-state index in [1.807, 2.05) is 22.6 Å². The molecule has 0 aliphatic rings. The largest absolute Gasteiger partial charge is 0.416 e. The van der Waals surface area contributed by atoms with E-state index in [1.165, 1.54) is 12.1 Å². The number of hydrogen-bond acceptors (Lipinski definition) is 2. The SMILES string of the molecule is FC(F)(F)c1cccc(-c2nc(Cl)c(I)c(Cl)n2)c1. The van der Waals surface area contributed by atoms with Gasteiger partial charge in [-0.1, -0.05) is 35.3 Å². The van der Waals surface area contributed by atoms with Gasteiger partial charge in [0.25, 0.3) is 0 Å². The highest BCUT2D eigenvalue weighted by atomic mass is 127. The summed E-state index contributed by atoms with van der Waals surface area (Å²) in [5.74, 6) is 0.0570. The van der Waals surface area contributed by atoms with Gasteiger partial charge in [0.05, 0.1) is 9.13 Å². The minimum atomic E-state index is -4.42. The van der Waals surface area contributed by atoms with Crippen molar-refractivity contribution in [1.82, 2.24) is 9.97 Å². The topological polar surface area (TPSA) is 25.8 Å². The lowest BCUT2D eigenvalue weighted by atomic mass is 10.1. The number of nitrogens with zero attached hydrogens (tertiary/aromatic N) is 2. The van der Waals surface area contributed by atoms with E-state index >= 15 is 0 Å². The Labute approximate surface area is 130 Å². The molecule has 0 bridgehead atoms. The van der Waals surface area contributed by atoms with Crippen molar-refractivity contribution < 1.29 is 13.2 Å². The van der Waals surface area contributed by atoms with E-state index in [0.29, 0.717) is 3.57 Å². The summed E-state index contributed by atoms with van der Waals surface area (Å²) in [5, 5.41) is 0.209. The monoisotopic (exact) mass is 418 g/mol. The zero-order valence-electron chi connectivity index (χ0n) is 8.97. The van der Waals surface area contributed by atoms with Gasteiger partial charge in [0.1, 0.15) is 10.3 Å². The fourth-order valence-electron chi connectivity index (χ4n) is 1.36. The normalized spacial score (nSPS) is 11.7. The first-order valence-electron chi connectivity index (χ1n) is 4.85. The molecule has 2 rings (SSSR count). The van der Waals surface area contributed by atoms with Crippen molar-refractivity contribution in [2.24, 2.45) is 0 Å². The van der Waals surface area contributed by atoms with Crippen molar-refractivity contribution in [3.63, 3.8) is 0 Å². The summed E-state index contributed by atoms with van der Waals surface area (Å²) >= 11 is 13.5. The molecule has 0 saturated heterocycles. The van der Waals surface area contributed by atoms with E-state index in [-0.39, 0.29) is 21.7 Å². The van der Waals surface area contributed by atoms with Crippen LogP contribution in [0.3, 0.4) is 0 Å². The van der Waals surface area contributed by atoms with E-state index in [9.17, 15) is 13.2 Å². The molecule has 19 heavy (non-hydrogen) atoms. The predicted octanol–water partition coefficient (Wildman–Crippen LogP) is 5.07. The van der Waals surface area contributed by atoms with Crippen LogP contribution in [0.15, 0.2) is 24.3 Å². The average Bonchev–Trinajstić information content (AvgIpc) is 2.34. The number of aromatic nitrogens is 2. The van der Waals surface area contributed by atoms with Crippen LogP contribution in [-0.2, 0) is 6.18 Å². The van der Waals surface area contributed by atoms with Crippen LogP contribution in [-0.4, -0.2) is 9.97 Å². The van der Waals surface area contributed by atoms with Crippen molar-refractivity contribution in [1.29, 1.82) is 0 Å². The second-order valence-electron chi connectivity index (χ2n) is 3.52. The number of benzene rings is 1. The summed E-state index contributed by atoms with van der Waals surface area (Å²) in [4.78, 5) is 7.84. The van der Waals surface area contributed by atoms with Gasteiger partial charge in [0.15, 0.2) is 5.82 Å². The van der Waals surface area contributed by atoms with Gasteiger partial charge in [-0.05, 0) is 34.7 Å². The second kappa shape index (κ2) is 5.41. The minimum Gasteiger partial charge on any atom is -0.215 e. The van der Waals surface area contributed by atoms with Crippen molar-refractivity contribution in [3.8, 4) is 11.4 Å². The fourth-order valence-corrected chi connectivity index (χ4v) is 1.99. The van der Waals surface area contributed by atoms with E-state index in [2.05, 4.69) is 9.97 Å². The zero-order valence-corrected chi connectivity index (χ0v) is 12.6. The number of alkyl halides is 3. The molecule has 0 radical (unpaired) electrons. The number of hydrogen-bond donors (Lipinski definition) is 0. The third-order valence-electron chi connectivity index (χ3n) is 2.22. The van der Waals surface area contributed by atoms with Gasteiger partial charge < -0.3 is 0 Å². The summed E-state index contributed by atoms with van der Waals surface area (Å²) in [5.41, 5.74) is -0.575. The van der Waals surface area contributed by atoms with Crippen LogP contribution < -0.4 is 0 Å². The van der Waals surface area contributed by atoms with Crippen LogP contribution >= 0.6 is 45.8 Å². The van der Waals surface area contributed by atoms with Crippen LogP contribution in [0, 0.1) is 3.57 Å². The van der Waals surface area contributed by atoms with Crippen LogP contribution in [0.2, 0.25) is 10.3 Å². The molecule has 100 valence electrons. The molecule has 0 saturated carbocycles. The van der Waals surface area contributed by atoms with Gasteiger partial charge in [-0.25, -0.2) is 9.97 Å². The molecule has 0 spiro atoms. The van der Waals surface area contributed by atoms with Crippen molar-refractivity contribution in [2.45, 2.75) is 6.18 Å². The first-order valence-corrected chi connectivity index (χ1v) is 6.68. The molecule has 1 aromatic heterocycles. The molecular formula is C11H4Cl2F3IN2. The van der Waals surface area contributed by atoms with E-state index in [4.69, 9.17) is 23.2 Å². The highest BCUT2D eigenvalue weighted by molar-refractivity contribution is 14.1. The quantitative estimate of drug-likeness (QED) is 0.477. The maximum Gasteiger partial charge on any atom is 0.416 e. The molecule has 0 N–H and O–H groups in total. The molecule has 8 heteroatoms. The summed E-state index contributed by atoms with van der Waals surface area (Å²) in [6, 6.07) is 4.67. The van der Waals surface area contributed by atoms with E-state index in [1.54, 1.807) is 0 Å². The van der Waals surface area contributed by atoms with Crippen molar-refractivity contribution in [3.05, 3.63) is 43.7 Å². The second-order valence-corrected chi connectivity index (χ2v) is 5.32. The van der Waals surface area contributed by atoms with Crippen LogP contribution in [0.1, 0.15) is 5.56 Å². The Morgan fingerprint density at radius 3 is 2.16 bits per heavy atom. The maximum absolute atomic E-state index is 12.6. The van der Waals surface area contributed by atoms with E-state index in [0.717, 1.165) is 12.1 Å². The lowest BCUT2D eigenvalue weighted by Crippen LogP contribution is -2.05. The molecule has 2 nitrogen and oxygen atoms in total. The lowest BCUT2D eigenvalue weighted by molar-refractivity contribution is -0.137. The Morgan fingerprint density at radius 2 is 1.63 bits per heavy atom. The highest BCUT2D eigenvalue weighted by Crippen LogP contribution is 2.32. The molecule has 0 amide bonds. The Hall–Kier alpha value is -0.600. The van der Waals surface area contributed by atoms with E-state index < -0.39 is 11.7 Å². The van der Waals surface area contributed by atoms with Gasteiger partial charge in [0.2, 0.25) is 0 Å². The van der Waals surface area contributed by atoms with Crippen LogP contribution in [0.4, 0.5) is 13.2 Å². The summed E-state index contributed by atoms with van der Waals surface area (Å²) < 4.78 is 38.3. The molecular weight excluding hydrogens is 415 g/mol. The van der Waals surface area contributed by atoms with Crippen molar-refractivity contribution >= 4 is 45.8 Å².